The van der Waals surface area contributed by atoms with Crippen LogP contribution in [-0.4, -0.2) is 34.2 Å². The minimum Gasteiger partial charge on any atom is -0.496 e. The summed E-state index contributed by atoms with van der Waals surface area (Å²) in [6.07, 6.45) is -5.70. The van der Waals surface area contributed by atoms with Gasteiger partial charge in [-0.2, -0.15) is 13.2 Å². The van der Waals surface area contributed by atoms with E-state index in [4.69, 9.17) is 10.2 Å². The molecular weight excluding hydrogens is 307 g/mol. The maximum atomic E-state index is 13.3. The molecule has 0 atom stereocenters. The molecule has 0 spiro atoms. The van der Waals surface area contributed by atoms with E-state index in [9.17, 15) is 22.8 Å². The van der Waals surface area contributed by atoms with Crippen molar-refractivity contribution >= 4 is 22.8 Å². The zero-order valence-electron chi connectivity index (χ0n) is 11.1. The Morgan fingerprint density at radius 3 is 2.36 bits per heavy atom. The van der Waals surface area contributed by atoms with E-state index in [1.807, 2.05) is 0 Å². The SMILES string of the molecule is COc1ccc2[nH]c(C(=O)O)c(CC(=O)O)c2c1C(F)(F)F. The van der Waals surface area contributed by atoms with Gasteiger partial charge in [0.2, 0.25) is 0 Å². The van der Waals surface area contributed by atoms with Gasteiger partial charge in [0.25, 0.3) is 0 Å². The van der Waals surface area contributed by atoms with Gasteiger partial charge in [-0.05, 0) is 12.1 Å². The lowest BCUT2D eigenvalue weighted by Gasteiger charge is -2.14. The summed E-state index contributed by atoms with van der Waals surface area (Å²) >= 11 is 0. The third-order valence-corrected chi connectivity index (χ3v) is 3.08. The molecular formula is C13H10F3NO5. The van der Waals surface area contributed by atoms with E-state index in [2.05, 4.69) is 9.72 Å². The first-order valence-electron chi connectivity index (χ1n) is 5.90. The van der Waals surface area contributed by atoms with Crippen molar-refractivity contribution in [3.05, 3.63) is 29.0 Å². The molecule has 0 aliphatic heterocycles. The molecule has 118 valence electrons. The van der Waals surface area contributed by atoms with Gasteiger partial charge >= 0.3 is 18.1 Å². The van der Waals surface area contributed by atoms with Crippen molar-refractivity contribution in [3.8, 4) is 5.75 Å². The van der Waals surface area contributed by atoms with Crippen molar-refractivity contribution in [3.63, 3.8) is 0 Å². The Hall–Kier alpha value is -2.71. The number of aromatic nitrogens is 1. The van der Waals surface area contributed by atoms with Crippen LogP contribution < -0.4 is 4.74 Å². The molecule has 1 aromatic carbocycles. The largest absolute Gasteiger partial charge is 0.496 e. The van der Waals surface area contributed by atoms with Crippen molar-refractivity contribution < 1.29 is 37.7 Å². The molecule has 0 amide bonds. The van der Waals surface area contributed by atoms with Crippen molar-refractivity contribution in [1.29, 1.82) is 0 Å². The second-order valence-corrected chi connectivity index (χ2v) is 4.42. The molecule has 0 radical (unpaired) electrons. The third kappa shape index (κ3) is 2.57. The van der Waals surface area contributed by atoms with E-state index in [1.54, 1.807) is 0 Å². The van der Waals surface area contributed by atoms with Gasteiger partial charge in [0.15, 0.2) is 0 Å². The van der Waals surface area contributed by atoms with Gasteiger partial charge in [-0.3, -0.25) is 4.79 Å². The van der Waals surface area contributed by atoms with Crippen LogP contribution in [0.2, 0.25) is 0 Å². The summed E-state index contributed by atoms with van der Waals surface area (Å²) < 4.78 is 44.6. The van der Waals surface area contributed by atoms with Gasteiger partial charge < -0.3 is 19.9 Å². The third-order valence-electron chi connectivity index (χ3n) is 3.08. The number of benzene rings is 1. The van der Waals surface area contributed by atoms with Gasteiger partial charge in [0.05, 0.1) is 13.5 Å². The Morgan fingerprint density at radius 1 is 1.27 bits per heavy atom. The zero-order chi connectivity index (χ0) is 16.7. The number of rotatable bonds is 4. The number of aromatic carboxylic acids is 1. The lowest BCUT2D eigenvalue weighted by atomic mass is 10.0. The maximum absolute atomic E-state index is 13.3. The number of H-pyrrole nitrogens is 1. The van der Waals surface area contributed by atoms with Crippen molar-refractivity contribution in [1.82, 2.24) is 4.98 Å². The number of halogens is 3. The molecule has 0 saturated heterocycles. The number of ether oxygens (including phenoxy) is 1. The molecule has 1 heterocycles. The number of alkyl halides is 3. The van der Waals surface area contributed by atoms with E-state index in [1.165, 1.54) is 6.07 Å². The molecule has 0 fully saturated rings. The quantitative estimate of drug-likeness (QED) is 0.804. The standard InChI is InChI=1S/C13H10F3NO5/c1-22-7-3-2-6-9(10(7)13(14,15)16)5(4-8(18)19)11(17-6)12(20)21/h2-3,17H,4H2,1H3,(H,18,19)(H,20,21). The van der Waals surface area contributed by atoms with Crippen LogP contribution in [0, 0.1) is 0 Å². The zero-order valence-corrected chi connectivity index (χ0v) is 11.1. The van der Waals surface area contributed by atoms with Gasteiger partial charge in [0, 0.05) is 16.5 Å². The number of aliphatic carboxylic acids is 1. The van der Waals surface area contributed by atoms with Crippen LogP contribution in [0.1, 0.15) is 21.6 Å². The Kier molecular flexibility index (Phi) is 3.74. The second-order valence-electron chi connectivity index (χ2n) is 4.42. The average molecular weight is 317 g/mol. The number of carboxylic acids is 2. The van der Waals surface area contributed by atoms with E-state index in [-0.39, 0.29) is 5.52 Å². The number of carbonyl (C=O) groups is 2. The summed E-state index contributed by atoms with van der Waals surface area (Å²) in [6, 6.07) is 2.25. The molecule has 6 nitrogen and oxygen atoms in total. The summed E-state index contributed by atoms with van der Waals surface area (Å²) in [6.45, 7) is 0. The first-order valence-corrected chi connectivity index (χ1v) is 5.90. The molecule has 2 rings (SSSR count). The smallest absolute Gasteiger partial charge is 0.420 e. The fourth-order valence-corrected chi connectivity index (χ4v) is 2.30. The molecule has 0 unspecified atom stereocenters. The summed E-state index contributed by atoms with van der Waals surface area (Å²) in [4.78, 5) is 24.3. The molecule has 1 aromatic heterocycles. The number of aromatic amines is 1. The van der Waals surface area contributed by atoms with Gasteiger partial charge in [-0.25, -0.2) is 4.79 Å². The number of carboxylic acid groups (broad SMARTS) is 2. The highest BCUT2D eigenvalue weighted by Gasteiger charge is 2.39. The predicted octanol–water partition coefficient (Wildman–Crippen LogP) is 2.52. The highest BCUT2D eigenvalue weighted by Crippen LogP contribution is 2.43. The summed E-state index contributed by atoms with van der Waals surface area (Å²) in [5.41, 5.74) is -2.35. The van der Waals surface area contributed by atoms with E-state index < -0.39 is 52.5 Å². The molecule has 3 N–H and O–H groups in total. The molecule has 22 heavy (non-hydrogen) atoms. The van der Waals surface area contributed by atoms with E-state index in [0.717, 1.165) is 13.2 Å². The molecule has 0 saturated carbocycles. The highest BCUT2D eigenvalue weighted by molar-refractivity contribution is 6.01. The maximum Gasteiger partial charge on any atom is 0.420 e. The first kappa shape index (κ1) is 15.7. The Morgan fingerprint density at radius 2 is 1.91 bits per heavy atom. The van der Waals surface area contributed by atoms with Gasteiger partial charge in [-0.15, -0.1) is 0 Å². The number of hydrogen-bond donors (Lipinski definition) is 3. The molecule has 0 bridgehead atoms. The number of nitrogens with one attached hydrogen (secondary N) is 1. The molecule has 2 aromatic rings. The lowest BCUT2D eigenvalue weighted by molar-refractivity contribution is -0.138. The van der Waals surface area contributed by atoms with Gasteiger partial charge in [-0.1, -0.05) is 0 Å². The average Bonchev–Trinajstić information content (AvgIpc) is 2.74. The van der Waals surface area contributed by atoms with Crippen molar-refractivity contribution in [2.24, 2.45) is 0 Å². The number of hydrogen-bond acceptors (Lipinski definition) is 3. The van der Waals surface area contributed by atoms with Gasteiger partial charge in [0.1, 0.15) is 17.0 Å². The van der Waals surface area contributed by atoms with Crippen LogP contribution in [-0.2, 0) is 17.4 Å². The van der Waals surface area contributed by atoms with Crippen molar-refractivity contribution in [2.45, 2.75) is 12.6 Å². The highest BCUT2D eigenvalue weighted by atomic mass is 19.4. The summed E-state index contributed by atoms with van der Waals surface area (Å²) in [5.74, 6) is -3.50. The van der Waals surface area contributed by atoms with E-state index >= 15 is 0 Å². The fraction of sp³-hybridized carbons (Fsp3) is 0.231. The monoisotopic (exact) mass is 317 g/mol. The molecule has 0 aliphatic carbocycles. The molecule has 0 aliphatic rings. The minimum absolute atomic E-state index is 0.123. The molecule has 9 heteroatoms. The van der Waals surface area contributed by atoms with E-state index in [0.29, 0.717) is 0 Å². The predicted molar refractivity (Wildman–Crippen MR) is 68.2 cm³/mol. The first-order chi connectivity index (χ1) is 10.2. The Labute approximate surface area is 121 Å². The number of methoxy groups -OCH3 is 1. The van der Waals surface area contributed by atoms with Crippen LogP contribution in [0.25, 0.3) is 10.9 Å². The summed E-state index contributed by atoms with van der Waals surface area (Å²) in [7, 11) is 1.04. The fourth-order valence-electron chi connectivity index (χ4n) is 2.30. The lowest BCUT2D eigenvalue weighted by Crippen LogP contribution is -2.11. The second kappa shape index (κ2) is 5.24. The van der Waals surface area contributed by atoms with Crippen LogP contribution >= 0.6 is 0 Å². The topological polar surface area (TPSA) is 99.6 Å². The Balaban J connectivity index is 2.95. The van der Waals surface area contributed by atoms with Crippen LogP contribution in [0.3, 0.4) is 0 Å². The van der Waals surface area contributed by atoms with Crippen LogP contribution in [0.5, 0.6) is 5.75 Å². The number of fused-ring (bicyclic) bond motifs is 1. The minimum atomic E-state index is -4.84. The Bertz CT molecular complexity index is 763. The summed E-state index contributed by atoms with van der Waals surface area (Å²) in [5, 5.41) is 17.4. The normalized spacial score (nSPS) is 11.6. The van der Waals surface area contributed by atoms with Crippen molar-refractivity contribution in [2.75, 3.05) is 7.11 Å². The van der Waals surface area contributed by atoms with Crippen LogP contribution in [0.15, 0.2) is 12.1 Å². The van der Waals surface area contributed by atoms with Crippen LogP contribution in [0.4, 0.5) is 13.2 Å².